The largest absolute Gasteiger partial charge is 0.481 e. The summed E-state index contributed by atoms with van der Waals surface area (Å²) in [6.07, 6.45) is 2.79. The van der Waals surface area contributed by atoms with E-state index in [2.05, 4.69) is 31.6 Å². The van der Waals surface area contributed by atoms with Crippen LogP contribution in [0.5, 0.6) is 0 Å². The number of carbonyl (C=O) groups excluding carboxylic acids is 7. The Bertz CT molecular complexity index is 1810. The van der Waals surface area contributed by atoms with Crippen LogP contribution in [0.1, 0.15) is 64.4 Å². The standard InChI is InChI=1S/C37H53N9O9S2/c1-37(2)32(28(47)18-39)45-35(54)27-11-7-14-46(27)36(55)26(16-21-19-40-23-9-4-3-8-22(21)23)44-34(53)25(17-31(50)51)43-30(49)20-41-33(52)24(10-5-6-13-38)42-29(48)12-15-56-57-37/h3-4,8-9,19,24-27,32,40H,5-7,10-18,20,38-39H2,1-2H3,(H,41,52)(H,42,48)(H,43,49)(H,44,53)(H,45,54)(H,50,51)/t24-,25-,26-,27-,32+/m0/s1. The molecule has 3 heterocycles. The molecule has 312 valence electrons. The summed E-state index contributed by atoms with van der Waals surface area (Å²) >= 11 is 0. The van der Waals surface area contributed by atoms with Gasteiger partial charge in [-0.2, -0.15) is 0 Å². The molecule has 2 fully saturated rings. The molecule has 11 N–H and O–H groups in total. The number of para-hydroxylation sites is 1. The van der Waals surface area contributed by atoms with E-state index >= 15 is 0 Å². The maximum Gasteiger partial charge on any atom is 0.305 e. The summed E-state index contributed by atoms with van der Waals surface area (Å²) in [5, 5.41) is 23.4. The van der Waals surface area contributed by atoms with Crippen LogP contribution in [0.25, 0.3) is 10.9 Å². The van der Waals surface area contributed by atoms with E-state index in [0.29, 0.717) is 31.4 Å². The predicted molar refractivity (Wildman–Crippen MR) is 215 cm³/mol. The minimum absolute atomic E-state index is 0.00159. The molecule has 0 aliphatic carbocycles. The number of nitrogens with zero attached hydrogens (tertiary/aromatic N) is 1. The number of carboxylic acids is 1. The van der Waals surface area contributed by atoms with E-state index in [9.17, 15) is 43.5 Å². The fraction of sp³-hybridized carbons (Fsp3) is 0.568. The number of unbranched alkanes of at least 4 members (excludes halogenated alkanes) is 1. The van der Waals surface area contributed by atoms with Crippen molar-refractivity contribution in [3.8, 4) is 0 Å². The highest BCUT2D eigenvalue weighted by Gasteiger charge is 2.43. The maximum absolute atomic E-state index is 14.5. The molecule has 2 saturated heterocycles. The number of aliphatic carboxylic acids is 1. The van der Waals surface area contributed by atoms with Crippen molar-refractivity contribution in [3.05, 3.63) is 36.0 Å². The van der Waals surface area contributed by atoms with Gasteiger partial charge in [0, 0.05) is 47.0 Å². The van der Waals surface area contributed by atoms with Gasteiger partial charge in [0.1, 0.15) is 30.2 Å². The third-order valence-electron chi connectivity index (χ3n) is 9.80. The number of H-pyrrole nitrogens is 1. The molecule has 2 aliphatic rings. The van der Waals surface area contributed by atoms with Crippen LogP contribution >= 0.6 is 21.6 Å². The average molecular weight is 832 g/mol. The van der Waals surface area contributed by atoms with Crippen molar-refractivity contribution >= 4 is 79.7 Å². The van der Waals surface area contributed by atoms with Crippen LogP contribution in [-0.2, 0) is 44.8 Å². The first kappa shape index (κ1) is 45.0. The van der Waals surface area contributed by atoms with Crippen LogP contribution in [0.15, 0.2) is 30.5 Å². The summed E-state index contributed by atoms with van der Waals surface area (Å²) in [6.45, 7) is 3.03. The van der Waals surface area contributed by atoms with Gasteiger partial charge in [-0.1, -0.05) is 39.8 Å². The number of Topliss-reactive ketones (excluding diaryl/α,β-unsaturated/α-hetero) is 1. The quantitative estimate of drug-likeness (QED) is 0.108. The number of fused-ring (bicyclic) bond motifs is 2. The highest BCUT2D eigenvalue weighted by molar-refractivity contribution is 8.77. The van der Waals surface area contributed by atoms with E-state index in [1.807, 2.05) is 24.3 Å². The Kier molecular flexibility index (Phi) is 16.8. The Morgan fingerprint density at radius 3 is 2.37 bits per heavy atom. The van der Waals surface area contributed by atoms with E-state index in [1.165, 1.54) is 26.5 Å². The number of aromatic amines is 1. The summed E-state index contributed by atoms with van der Waals surface area (Å²) in [4.78, 5) is 111. The minimum atomic E-state index is -1.66. The number of rotatable bonds is 10. The van der Waals surface area contributed by atoms with Crippen LogP contribution in [0, 0.1) is 0 Å². The second-order valence-corrected chi connectivity index (χ2v) is 17.6. The van der Waals surface area contributed by atoms with Crippen molar-refractivity contribution in [2.24, 2.45) is 11.5 Å². The number of hydrogen-bond acceptors (Lipinski definition) is 12. The predicted octanol–water partition coefficient (Wildman–Crippen LogP) is -0.548. The van der Waals surface area contributed by atoms with E-state index in [4.69, 9.17) is 11.5 Å². The lowest BCUT2D eigenvalue weighted by atomic mass is 9.97. The highest BCUT2D eigenvalue weighted by Crippen LogP contribution is 2.39. The first-order chi connectivity index (χ1) is 27.1. The van der Waals surface area contributed by atoms with E-state index < -0.39 is 95.1 Å². The summed E-state index contributed by atoms with van der Waals surface area (Å²) in [6, 6.07) is 1.23. The Hall–Kier alpha value is -4.66. The number of ketones is 1. The summed E-state index contributed by atoms with van der Waals surface area (Å²) in [7, 11) is 2.58. The van der Waals surface area contributed by atoms with Crippen molar-refractivity contribution in [1.29, 1.82) is 0 Å². The molecule has 0 spiro atoms. The minimum Gasteiger partial charge on any atom is -0.481 e. The molecular formula is C37H53N9O9S2. The van der Waals surface area contributed by atoms with Gasteiger partial charge >= 0.3 is 5.97 Å². The van der Waals surface area contributed by atoms with Gasteiger partial charge in [-0.25, -0.2) is 0 Å². The van der Waals surface area contributed by atoms with Gasteiger partial charge in [0.15, 0.2) is 5.78 Å². The lowest BCUT2D eigenvalue weighted by Gasteiger charge is -2.35. The SMILES string of the molecule is CC1(C)SSCCC(=O)N[C@@H](CCCCN)C(=O)NCC(=O)N[C@@H](CC(=O)O)C(=O)N[C@@H](Cc2c[nH]c3ccccc23)C(=O)N2CCC[C@H]2C(=O)N[C@@H]1C(=O)CN. The number of amides is 6. The number of nitrogens with two attached hydrogens (primary N) is 2. The number of benzene rings is 1. The van der Waals surface area contributed by atoms with Crippen molar-refractivity contribution in [1.82, 2.24) is 36.5 Å². The van der Waals surface area contributed by atoms with Gasteiger partial charge in [0.25, 0.3) is 0 Å². The van der Waals surface area contributed by atoms with Gasteiger partial charge in [-0.3, -0.25) is 38.4 Å². The zero-order valence-electron chi connectivity index (χ0n) is 32.1. The number of hydrogen-bond donors (Lipinski definition) is 9. The normalized spacial score (nSPS) is 24.8. The van der Waals surface area contributed by atoms with E-state index in [-0.39, 0.29) is 44.5 Å². The second kappa shape index (κ2) is 21.2. The molecule has 0 bridgehead atoms. The first-order valence-corrected chi connectivity index (χ1v) is 21.2. The summed E-state index contributed by atoms with van der Waals surface area (Å²) in [5.74, 6) is -5.76. The van der Waals surface area contributed by atoms with Crippen molar-refractivity contribution in [2.75, 3.05) is 31.9 Å². The van der Waals surface area contributed by atoms with E-state index in [1.54, 1.807) is 20.0 Å². The molecule has 2 aromatic rings. The molecule has 2 aliphatic heterocycles. The van der Waals surface area contributed by atoms with Gasteiger partial charge in [0.2, 0.25) is 35.4 Å². The van der Waals surface area contributed by atoms with Gasteiger partial charge < -0.3 is 53.0 Å². The molecule has 0 saturated carbocycles. The van der Waals surface area contributed by atoms with Crippen LogP contribution in [0.2, 0.25) is 0 Å². The van der Waals surface area contributed by atoms with E-state index in [0.717, 1.165) is 10.9 Å². The molecule has 0 radical (unpaired) electrons. The first-order valence-electron chi connectivity index (χ1n) is 18.9. The molecule has 4 rings (SSSR count). The monoisotopic (exact) mass is 831 g/mol. The average Bonchev–Trinajstić information content (AvgIpc) is 3.83. The number of carbonyl (C=O) groups is 8. The number of aromatic nitrogens is 1. The molecule has 6 amide bonds. The van der Waals surface area contributed by atoms with Gasteiger partial charge in [-0.15, -0.1) is 0 Å². The Balaban J connectivity index is 1.69. The van der Waals surface area contributed by atoms with Gasteiger partial charge in [-0.05, 0) is 64.1 Å². The molecule has 57 heavy (non-hydrogen) atoms. The van der Waals surface area contributed by atoms with Crippen molar-refractivity contribution in [2.45, 2.75) is 100 Å². The Morgan fingerprint density at radius 2 is 1.65 bits per heavy atom. The Morgan fingerprint density at radius 1 is 0.912 bits per heavy atom. The summed E-state index contributed by atoms with van der Waals surface area (Å²) in [5.41, 5.74) is 12.8. The fourth-order valence-electron chi connectivity index (χ4n) is 6.82. The third-order valence-corrected chi connectivity index (χ3v) is 13.1. The number of carboxylic acid groups (broad SMARTS) is 1. The molecule has 18 nitrogen and oxygen atoms in total. The Labute approximate surface area is 338 Å². The van der Waals surface area contributed by atoms with Crippen molar-refractivity contribution < 1.29 is 43.5 Å². The molecule has 1 aromatic carbocycles. The number of nitrogens with one attached hydrogen (secondary N) is 6. The fourth-order valence-corrected chi connectivity index (χ4v) is 9.46. The zero-order chi connectivity index (χ0) is 41.7. The van der Waals surface area contributed by atoms with Crippen LogP contribution in [0.4, 0.5) is 0 Å². The van der Waals surface area contributed by atoms with Gasteiger partial charge in [0.05, 0.1) is 19.5 Å². The summed E-state index contributed by atoms with van der Waals surface area (Å²) < 4.78 is -0.925. The molecule has 0 unspecified atom stereocenters. The van der Waals surface area contributed by atoms with Crippen LogP contribution in [0.3, 0.4) is 0 Å². The van der Waals surface area contributed by atoms with Crippen LogP contribution < -0.4 is 38.1 Å². The highest BCUT2D eigenvalue weighted by atomic mass is 33.1. The molecular weight excluding hydrogens is 779 g/mol. The van der Waals surface area contributed by atoms with Crippen LogP contribution in [-0.4, -0.2) is 129 Å². The topological polar surface area (TPSA) is 288 Å². The zero-order valence-corrected chi connectivity index (χ0v) is 33.7. The smallest absolute Gasteiger partial charge is 0.305 e. The molecule has 5 atom stereocenters. The molecule has 1 aromatic heterocycles. The molecule has 20 heteroatoms. The lowest BCUT2D eigenvalue weighted by molar-refractivity contribution is -0.143. The van der Waals surface area contributed by atoms with Crippen molar-refractivity contribution in [3.63, 3.8) is 0 Å². The second-order valence-electron chi connectivity index (χ2n) is 14.5. The third kappa shape index (κ3) is 12.7. The maximum atomic E-state index is 14.5. The lowest BCUT2D eigenvalue weighted by Crippen LogP contribution is -2.60.